The van der Waals surface area contributed by atoms with Crippen molar-refractivity contribution >= 4 is 35.1 Å². The average molecular weight is 270 g/mol. The van der Waals surface area contributed by atoms with Crippen LogP contribution in [0.4, 0.5) is 0 Å². The molecule has 0 atom stereocenters. The molecule has 0 saturated heterocycles. The highest BCUT2D eigenvalue weighted by Crippen LogP contribution is 2.06. The van der Waals surface area contributed by atoms with Gasteiger partial charge in [-0.3, -0.25) is 14.5 Å². The van der Waals surface area contributed by atoms with Crippen LogP contribution in [0.2, 0.25) is 0 Å². The first-order valence-electron chi connectivity index (χ1n) is 4.34. The van der Waals surface area contributed by atoms with Crippen molar-refractivity contribution in [2.24, 2.45) is 0 Å². The molecule has 0 heterocycles. The zero-order valence-electron chi connectivity index (χ0n) is 9.03. The van der Waals surface area contributed by atoms with Gasteiger partial charge in [-0.25, -0.2) is 0 Å². The predicted molar refractivity (Wildman–Crippen MR) is 60.3 cm³/mol. The number of halogens is 2. The summed E-state index contributed by atoms with van der Waals surface area (Å²) in [7, 11) is 2.52. The van der Waals surface area contributed by atoms with Crippen LogP contribution in [0, 0.1) is 0 Å². The highest BCUT2D eigenvalue weighted by atomic mass is 35.5. The minimum Gasteiger partial charge on any atom is -0.468 e. The van der Waals surface area contributed by atoms with E-state index in [0.717, 1.165) is 0 Å². The lowest BCUT2D eigenvalue weighted by molar-refractivity contribution is -0.145. The number of hydrogen-bond donors (Lipinski definition) is 0. The molecule has 0 aromatic heterocycles. The molecule has 0 aliphatic heterocycles. The van der Waals surface area contributed by atoms with Crippen molar-refractivity contribution in [3.8, 4) is 0 Å². The topological polar surface area (TPSA) is 55.8 Å². The minimum atomic E-state index is -0.469. The Kier molecular flexibility index (Phi) is 7.97. The molecule has 0 fully saturated rings. The summed E-state index contributed by atoms with van der Waals surface area (Å²) in [5.74, 6) is -0.939. The third-order valence-electron chi connectivity index (χ3n) is 1.65. The molecule has 0 rings (SSSR count). The van der Waals surface area contributed by atoms with Gasteiger partial charge in [0.1, 0.15) is 0 Å². The van der Waals surface area contributed by atoms with Crippen LogP contribution < -0.4 is 0 Å². The fraction of sp³-hybridized carbons (Fsp3) is 0.556. The fourth-order valence-electron chi connectivity index (χ4n) is 0.910. The second kappa shape index (κ2) is 8.38. The summed E-state index contributed by atoms with van der Waals surface area (Å²) >= 11 is 11.1. The van der Waals surface area contributed by atoms with Gasteiger partial charge in [-0.2, -0.15) is 0 Å². The standard InChI is InChI=1S/C9H13Cl2NO4/c1-15-8(13)5-12(4-7(11)3-10)6-9(14)16-2/h3H,4-6H2,1-2H3. The molecule has 0 N–H and O–H groups in total. The first-order chi connectivity index (χ1) is 7.53. The lowest BCUT2D eigenvalue weighted by Gasteiger charge is -2.18. The Labute approximate surface area is 104 Å². The lowest BCUT2D eigenvalue weighted by atomic mass is 10.4. The molecular formula is C9H13Cl2NO4. The van der Waals surface area contributed by atoms with E-state index >= 15 is 0 Å². The van der Waals surface area contributed by atoms with Crippen molar-refractivity contribution in [1.29, 1.82) is 0 Å². The molecule has 0 bridgehead atoms. The summed E-state index contributed by atoms with van der Waals surface area (Å²) in [5, 5.41) is 0.314. The van der Waals surface area contributed by atoms with Gasteiger partial charge in [0.05, 0.1) is 27.3 Å². The molecule has 92 valence electrons. The predicted octanol–water partition coefficient (Wildman–Crippen LogP) is 0.953. The second-order valence-electron chi connectivity index (χ2n) is 2.85. The van der Waals surface area contributed by atoms with E-state index < -0.39 is 11.9 Å². The van der Waals surface area contributed by atoms with Gasteiger partial charge in [0.25, 0.3) is 0 Å². The van der Waals surface area contributed by atoms with Gasteiger partial charge in [0.2, 0.25) is 0 Å². The largest absolute Gasteiger partial charge is 0.468 e. The average Bonchev–Trinajstić information content (AvgIpc) is 2.28. The number of hydrogen-bond acceptors (Lipinski definition) is 5. The quantitative estimate of drug-likeness (QED) is 0.673. The Bertz CT molecular complexity index is 263. The Balaban J connectivity index is 4.38. The smallest absolute Gasteiger partial charge is 0.319 e. The maximum absolute atomic E-state index is 11.1. The summed E-state index contributed by atoms with van der Waals surface area (Å²) in [6, 6.07) is 0. The van der Waals surface area contributed by atoms with Crippen LogP contribution in [0.5, 0.6) is 0 Å². The third-order valence-corrected chi connectivity index (χ3v) is 2.26. The first-order valence-corrected chi connectivity index (χ1v) is 5.15. The lowest BCUT2D eigenvalue weighted by Crippen LogP contribution is -2.36. The molecule has 0 aromatic carbocycles. The maximum atomic E-state index is 11.1. The number of methoxy groups -OCH3 is 2. The highest BCUT2D eigenvalue weighted by molar-refractivity contribution is 6.36. The molecule has 0 spiro atoms. The van der Waals surface area contributed by atoms with E-state index in [2.05, 4.69) is 9.47 Å². The number of carbonyl (C=O) groups is 2. The molecular weight excluding hydrogens is 257 g/mol. The fourth-order valence-corrected chi connectivity index (χ4v) is 1.15. The van der Waals surface area contributed by atoms with Gasteiger partial charge in [0.15, 0.2) is 0 Å². The van der Waals surface area contributed by atoms with E-state index in [1.165, 1.54) is 24.7 Å². The monoisotopic (exact) mass is 269 g/mol. The van der Waals surface area contributed by atoms with E-state index in [-0.39, 0.29) is 19.6 Å². The van der Waals surface area contributed by atoms with Crippen molar-refractivity contribution in [3.05, 3.63) is 10.6 Å². The normalized spacial score (nSPS) is 11.4. The molecule has 0 unspecified atom stereocenters. The number of carbonyl (C=O) groups excluding carboxylic acids is 2. The van der Waals surface area contributed by atoms with Crippen LogP contribution in [0.3, 0.4) is 0 Å². The molecule has 0 aliphatic rings. The third kappa shape index (κ3) is 6.66. The van der Waals surface area contributed by atoms with Crippen LogP contribution in [-0.4, -0.2) is 50.7 Å². The van der Waals surface area contributed by atoms with E-state index in [9.17, 15) is 9.59 Å². The SMILES string of the molecule is COC(=O)CN(CC(=O)OC)CC(Cl)=CCl. The number of ether oxygens (including phenoxy) is 2. The Morgan fingerprint density at radius 2 is 1.56 bits per heavy atom. The van der Waals surface area contributed by atoms with Gasteiger partial charge in [-0.15, -0.1) is 0 Å². The van der Waals surface area contributed by atoms with Gasteiger partial charge >= 0.3 is 11.9 Å². The van der Waals surface area contributed by atoms with E-state index in [0.29, 0.717) is 5.03 Å². The maximum Gasteiger partial charge on any atom is 0.319 e. The van der Waals surface area contributed by atoms with Crippen molar-refractivity contribution in [1.82, 2.24) is 4.90 Å². The van der Waals surface area contributed by atoms with Crippen molar-refractivity contribution < 1.29 is 19.1 Å². The van der Waals surface area contributed by atoms with Crippen LogP contribution in [0.15, 0.2) is 10.6 Å². The second-order valence-corrected chi connectivity index (χ2v) is 3.56. The Hall–Kier alpha value is -0.780. The van der Waals surface area contributed by atoms with Crippen LogP contribution in [-0.2, 0) is 19.1 Å². The number of esters is 2. The summed E-state index contributed by atoms with van der Waals surface area (Å²) in [4.78, 5) is 23.6. The van der Waals surface area contributed by atoms with Crippen molar-refractivity contribution in [3.63, 3.8) is 0 Å². The van der Waals surface area contributed by atoms with Gasteiger partial charge in [-0.05, 0) is 0 Å². The molecule has 0 saturated carbocycles. The molecule has 0 radical (unpaired) electrons. The first kappa shape index (κ1) is 15.2. The van der Waals surface area contributed by atoms with E-state index in [1.54, 1.807) is 0 Å². The van der Waals surface area contributed by atoms with Gasteiger partial charge < -0.3 is 9.47 Å². The van der Waals surface area contributed by atoms with Crippen LogP contribution in [0.25, 0.3) is 0 Å². The van der Waals surface area contributed by atoms with Crippen molar-refractivity contribution in [2.75, 3.05) is 33.9 Å². The van der Waals surface area contributed by atoms with Gasteiger partial charge in [0, 0.05) is 17.1 Å². The van der Waals surface area contributed by atoms with Crippen LogP contribution in [0.1, 0.15) is 0 Å². The summed E-state index contributed by atoms with van der Waals surface area (Å²) in [6.45, 7) is 0.0500. The van der Waals surface area contributed by atoms with E-state index in [4.69, 9.17) is 23.2 Å². The molecule has 0 amide bonds. The summed E-state index contributed by atoms with van der Waals surface area (Å²) in [5.41, 5.74) is 1.17. The van der Waals surface area contributed by atoms with Gasteiger partial charge in [-0.1, -0.05) is 23.2 Å². The molecule has 5 nitrogen and oxygen atoms in total. The molecule has 16 heavy (non-hydrogen) atoms. The van der Waals surface area contributed by atoms with Crippen LogP contribution >= 0.6 is 23.2 Å². The molecule has 0 aliphatic carbocycles. The number of nitrogens with zero attached hydrogens (tertiary/aromatic N) is 1. The Morgan fingerprint density at radius 1 is 1.12 bits per heavy atom. The molecule has 0 aromatic rings. The molecule has 7 heteroatoms. The van der Waals surface area contributed by atoms with Crippen molar-refractivity contribution in [2.45, 2.75) is 0 Å². The van der Waals surface area contributed by atoms with E-state index in [1.807, 2.05) is 0 Å². The highest BCUT2D eigenvalue weighted by Gasteiger charge is 2.16. The number of rotatable bonds is 6. The zero-order chi connectivity index (χ0) is 12.6. The zero-order valence-corrected chi connectivity index (χ0v) is 10.5. The summed E-state index contributed by atoms with van der Waals surface area (Å²) < 4.78 is 8.97. The minimum absolute atomic E-state index is 0.0629. The Morgan fingerprint density at radius 3 is 1.88 bits per heavy atom. The summed E-state index contributed by atoms with van der Waals surface area (Å²) in [6.07, 6.45) is 0.